The monoisotopic (exact) mass is 395 g/mol. The van der Waals surface area contributed by atoms with Crippen LogP contribution >= 0.6 is 23.2 Å². The molecule has 1 aliphatic rings. The van der Waals surface area contributed by atoms with Gasteiger partial charge in [0.25, 0.3) is 0 Å². The van der Waals surface area contributed by atoms with E-state index in [4.69, 9.17) is 37.8 Å². The molecule has 0 radical (unpaired) electrons. The summed E-state index contributed by atoms with van der Waals surface area (Å²) in [5, 5.41) is 10.0. The maximum atomic E-state index is 8.92. The number of morpholine rings is 1. The minimum atomic E-state index is -0.196. The highest BCUT2D eigenvalue weighted by atomic mass is 35.5. The van der Waals surface area contributed by atoms with Gasteiger partial charge in [-0.05, 0) is 25.1 Å². The second-order valence-electron chi connectivity index (χ2n) is 5.92. The van der Waals surface area contributed by atoms with Crippen LogP contribution in [-0.2, 0) is 11.3 Å². The van der Waals surface area contributed by atoms with Crippen LogP contribution in [0.5, 0.6) is 5.75 Å². The lowest BCUT2D eigenvalue weighted by Crippen LogP contribution is -2.48. The van der Waals surface area contributed by atoms with Crippen LogP contribution in [0.25, 0.3) is 0 Å². The molecule has 1 N–H and O–H groups in total. The first-order chi connectivity index (χ1) is 12.6. The van der Waals surface area contributed by atoms with Gasteiger partial charge in [0.2, 0.25) is 5.95 Å². The zero-order valence-electron chi connectivity index (χ0n) is 14.2. The van der Waals surface area contributed by atoms with Crippen LogP contribution < -0.4 is 9.64 Å². The highest BCUT2D eigenvalue weighted by Gasteiger charge is 2.26. The van der Waals surface area contributed by atoms with Crippen molar-refractivity contribution in [3.8, 4) is 5.75 Å². The average Bonchev–Trinajstić information content (AvgIpc) is 2.64. The van der Waals surface area contributed by atoms with E-state index in [9.17, 15) is 0 Å². The third kappa shape index (κ3) is 4.38. The molecule has 138 valence electrons. The van der Waals surface area contributed by atoms with Gasteiger partial charge in [0, 0.05) is 15.6 Å². The molecule has 1 unspecified atom stereocenters. The van der Waals surface area contributed by atoms with Gasteiger partial charge in [-0.3, -0.25) is 0 Å². The van der Waals surface area contributed by atoms with E-state index in [1.54, 1.807) is 36.7 Å². The first kappa shape index (κ1) is 18.8. The van der Waals surface area contributed by atoms with Gasteiger partial charge in [-0.1, -0.05) is 29.3 Å². The summed E-state index contributed by atoms with van der Waals surface area (Å²) in [5.74, 6) is 1.11. The number of rotatable bonds is 5. The SMILES string of the molecule is C[C@H]1COC(/C=C/O)CN1c1ncc(OCc2c(Cl)cccc2Cl)cn1. The maximum Gasteiger partial charge on any atom is 0.225 e. The molecule has 0 saturated carbocycles. The molecule has 0 amide bonds. The molecule has 1 fully saturated rings. The quantitative estimate of drug-likeness (QED) is 0.770. The summed E-state index contributed by atoms with van der Waals surface area (Å²) in [5.41, 5.74) is 0.723. The fourth-order valence-electron chi connectivity index (χ4n) is 2.63. The van der Waals surface area contributed by atoms with E-state index in [-0.39, 0.29) is 18.8 Å². The molecule has 0 aliphatic carbocycles. The first-order valence-corrected chi connectivity index (χ1v) is 8.91. The largest absolute Gasteiger partial charge is 0.516 e. The number of aromatic nitrogens is 2. The second-order valence-corrected chi connectivity index (χ2v) is 6.74. The Morgan fingerprint density at radius 1 is 1.31 bits per heavy atom. The van der Waals surface area contributed by atoms with E-state index < -0.39 is 0 Å². The predicted molar refractivity (Wildman–Crippen MR) is 101 cm³/mol. The van der Waals surface area contributed by atoms with Crippen LogP contribution in [0.1, 0.15) is 12.5 Å². The zero-order valence-corrected chi connectivity index (χ0v) is 15.7. The number of benzene rings is 1. The Bertz CT molecular complexity index is 751. The lowest BCUT2D eigenvalue weighted by atomic mass is 10.2. The van der Waals surface area contributed by atoms with E-state index >= 15 is 0 Å². The lowest BCUT2D eigenvalue weighted by Gasteiger charge is -2.36. The standard InChI is InChI=1S/C18H19Cl2N3O3/c1-12-10-25-13(5-6-24)9-23(12)18-21-7-14(8-22-18)26-11-15-16(19)3-2-4-17(15)20/h2-8,12-13,24H,9-11H2,1H3/b6-5+/t12-,13?/m0/s1. The Morgan fingerprint density at radius 2 is 2.00 bits per heavy atom. The van der Waals surface area contributed by atoms with Crippen molar-refractivity contribution in [3.63, 3.8) is 0 Å². The van der Waals surface area contributed by atoms with Crippen molar-refractivity contribution < 1.29 is 14.6 Å². The highest BCUT2D eigenvalue weighted by molar-refractivity contribution is 6.35. The molecule has 26 heavy (non-hydrogen) atoms. The van der Waals surface area contributed by atoms with Crippen LogP contribution in [0.15, 0.2) is 42.9 Å². The van der Waals surface area contributed by atoms with Gasteiger partial charge in [-0.15, -0.1) is 0 Å². The smallest absolute Gasteiger partial charge is 0.225 e. The number of ether oxygens (including phenoxy) is 2. The van der Waals surface area contributed by atoms with Crippen molar-refractivity contribution in [2.24, 2.45) is 0 Å². The second kappa shape index (κ2) is 8.58. The number of aliphatic hydroxyl groups is 1. The molecular formula is C18H19Cl2N3O3. The van der Waals surface area contributed by atoms with Crippen molar-refractivity contribution in [1.29, 1.82) is 0 Å². The van der Waals surface area contributed by atoms with Crippen molar-refractivity contribution in [2.45, 2.75) is 25.7 Å². The molecule has 1 aromatic carbocycles. The summed E-state index contributed by atoms with van der Waals surface area (Å²) >= 11 is 12.3. The van der Waals surface area contributed by atoms with Crippen LogP contribution in [0.4, 0.5) is 5.95 Å². The summed E-state index contributed by atoms with van der Waals surface area (Å²) in [6.45, 7) is 3.36. The Labute approximate surface area is 162 Å². The Balaban J connectivity index is 1.66. The summed E-state index contributed by atoms with van der Waals surface area (Å²) in [7, 11) is 0. The van der Waals surface area contributed by atoms with Gasteiger partial charge in [-0.2, -0.15) is 0 Å². The molecule has 2 atom stereocenters. The lowest BCUT2D eigenvalue weighted by molar-refractivity contribution is 0.0498. The average molecular weight is 396 g/mol. The van der Waals surface area contributed by atoms with Crippen molar-refractivity contribution in [3.05, 3.63) is 58.5 Å². The fourth-order valence-corrected chi connectivity index (χ4v) is 3.14. The third-order valence-corrected chi connectivity index (χ3v) is 4.79. The van der Waals surface area contributed by atoms with Gasteiger partial charge in [0.05, 0.1) is 44.0 Å². The van der Waals surface area contributed by atoms with Gasteiger partial charge in [0.15, 0.2) is 5.75 Å². The van der Waals surface area contributed by atoms with E-state index in [2.05, 4.69) is 9.97 Å². The molecule has 0 bridgehead atoms. The van der Waals surface area contributed by atoms with Crippen LogP contribution in [0, 0.1) is 0 Å². The predicted octanol–water partition coefficient (Wildman–Crippen LogP) is 4.03. The first-order valence-electron chi connectivity index (χ1n) is 8.15. The Hall–Kier alpha value is -2.02. The van der Waals surface area contributed by atoms with Crippen LogP contribution in [0.3, 0.4) is 0 Å². The maximum absolute atomic E-state index is 8.92. The van der Waals surface area contributed by atoms with Gasteiger partial charge >= 0.3 is 0 Å². The molecular weight excluding hydrogens is 377 g/mol. The highest BCUT2D eigenvalue weighted by Crippen LogP contribution is 2.26. The molecule has 0 spiro atoms. The molecule has 6 nitrogen and oxygen atoms in total. The van der Waals surface area contributed by atoms with E-state index in [0.717, 1.165) is 11.8 Å². The van der Waals surface area contributed by atoms with Gasteiger partial charge < -0.3 is 19.5 Å². The number of halogens is 2. The molecule has 1 aliphatic heterocycles. The minimum Gasteiger partial charge on any atom is -0.516 e. The van der Waals surface area contributed by atoms with Crippen LogP contribution in [-0.4, -0.2) is 40.4 Å². The minimum absolute atomic E-state index is 0.132. The summed E-state index contributed by atoms with van der Waals surface area (Å²) in [6, 6.07) is 5.45. The van der Waals surface area contributed by atoms with Crippen LogP contribution in [0.2, 0.25) is 10.0 Å². The van der Waals surface area contributed by atoms with Crippen molar-refractivity contribution in [2.75, 3.05) is 18.1 Å². The number of nitrogens with zero attached hydrogens (tertiary/aromatic N) is 3. The van der Waals surface area contributed by atoms with E-state index in [1.807, 2.05) is 11.8 Å². The van der Waals surface area contributed by atoms with E-state index in [1.165, 1.54) is 0 Å². The zero-order chi connectivity index (χ0) is 18.5. The van der Waals surface area contributed by atoms with Crippen molar-refractivity contribution >= 4 is 29.2 Å². The summed E-state index contributed by atoms with van der Waals surface area (Å²) in [6.07, 6.45) is 5.64. The molecule has 1 aromatic heterocycles. The van der Waals surface area contributed by atoms with E-state index in [0.29, 0.717) is 34.9 Å². The summed E-state index contributed by atoms with van der Waals surface area (Å²) in [4.78, 5) is 10.8. The summed E-state index contributed by atoms with van der Waals surface area (Å²) < 4.78 is 11.3. The Kier molecular flexibility index (Phi) is 6.19. The van der Waals surface area contributed by atoms with Crippen molar-refractivity contribution in [1.82, 2.24) is 9.97 Å². The molecule has 3 rings (SSSR count). The number of hydrogen-bond donors (Lipinski definition) is 1. The van der Waals surface area contributed by atoms with Gasteiger partial charge in [-0.25, -0.2) is 9.97 Å². The number of aliphatic hydroxyl groups excluding tert-OH is 1. The topological polar surface area (TPSA) is 67.7 Å². The normalized spacial score (nSPS) is 20.5. The molecule has 8 heteroatoms. The molecule has 2 heterocycles. The number of anilines is 1. The van der Waals surface area contributed by atoms with Gasteiger partial charge in [0.1, 0.15) is 6.61 Å². The Morgan fingerprint density at radius 3 is 2.65 bits per heavy atom. The number of hydrogen-bond acceptors (Lipinski definition) is 6. The molecule has 1 saturated heterocycles. The third-order valence-electron chi connectivity index (χ3n) is 4.08. The fraction of sp³-hybridized carbons (Fsp3) is 0.333. The molecule has 2 aromatic rings.